The number of nitrogens with one attached hydrogen (secondary N) is 1. The Morgan fingerprint density at radius 2 is 1.83 bits per heavy atom. The van der Waals surface area contributed by atoms with Gasteiger partial charge in [0.05, 0.1) is 0 Å². The van der Waals surface area contributed by atoms with Crippen LogP contribution >= 0.6 is 0 Å². The molecule has 2 atom stereocenters. The summed E-state index contributed by atoms with van der Waals surface area (Å²) in [6, 6.07) is 1.68. The molecule has 0 spiro atoms. The van der Waals surface area contributed by atoms with Crippen molar-refractivity contribution in [3.8, 4) is 0 Å². The van der Waals surface area contributed by atoms with Crippen LogP contribution in [-0.4, -0.2) is 36.6 Å². The molecule has 2 heterocycles. The van der Waals surface area contributed by atoms with Crippen molar-refractivity contribution in [1.29, 1.82) is 0 Å². The van der Waals surface area contributed by atoms with E-state index in [4.69, 9.17) is 0 Å². The van der Waals surface area contributed by atoms with Gasteiger partial charge in [-0.05, 0) is 63.5 Å². The predicted molar refractivity (Wildman–Crippen MR) is 76.7 cm³/mol. The van der Waals surface area contributed by atoms with E-state index in [-0.39, 0.29) is 0 Å². The molecule has 18 heavy (non-hydrogen) atoms. The Morgan fingerprint density at radius 1 is 1.00 bits per heavy atom. The fraction of sp³-hybridized carbons (Fsp3) is 1.00. The number of hydrogen-bond acceptors (Lipinski definition) is 2. The average Bonchev–Trinajstić information content (AvgIpc) is 3.02. The monoisotopic (exact) mass is 250 g/mol. The summed E-state index contributed by atoms with van der Waals surface area (Å²) < 4.78 is 0. The summed E-state index contributed by atoms with van der Waals surface area (Å²) >= 11 is 0. The van der Waals surface area contributed by atoms with E-state index in [0.717, 1.165) is 23.9 Å². The molecule has 2 heteroatoms. The molecule has 0 amide bonds. The van der Waals surface area contributed by atoms with Crippen molar-refractivity contribution in [3.05, 3.63) is 0 Å². The topological polar surface area (TPSA) is 15.3 Å². The Morgan fingerprint density at radius 3 is 2.56 bits per heavy atom. The first-order valence-electron chi connectivity index (χ1n) is 8.30. The Labute approximate surface area is 113 Å². The van der Waals surface area contributed by atoms with E-state index in [1.165, 1.54) is 71.0 Å². The maximum Gasteiger partial charge on any atom is 0.0249 e. The molecule has 1 aliphatic carbocycles. The molecule has 0 aromatic rings. The van der Waals surface area contributed by atoms with Crippen LogP contribution in [-0.2, 0) is 0 Å². The summed E-state index contributed by atoms with van der Waals surface area (Å²) in [4.78, 5) is 2.84. The quantitative estimate of drug-likeness (QED) is 0.828. The molecule has 2 saturated heterocycles. The fourth-order valence-corrected chi connectivity index (χ4v) is 4.42. The standard InChI is InChI=1S/C16H30N2/c1-13-6-8-14(9-7-13)12-18-11-3-5-16(18)15-4-2-10-17-15/h13-17H,2-12H2,1H3. The van der Waals surface area contributed by atoms with Gasteiger partial charge in [0.25, 0.3) is 0 Å². The van der Waals surface area contributed by atoms with Crippen LogP contribution in [0.15, 0.2) is 0 Å². The smallest absolute Gasteiger partial charge is 0.0249 e. The molecule has 3 rings (SSSR count). The van der Waals surface area contributed by atoms with Gasteiger partial charge < -0.3 is 5.32 Å². The van der Waals surface area contributed by atoms with Crippen molar-refractivity contribution < 1.29 is 0 Å². The highest BCUT2D eigenvalue weighted by molar-refractivity contribution is 4.92. The maximum atomic E-state index is 3.73. The molecule has 104 valence electrons. The van der Waals surface area contributed by atoms with Crippen LogP contribution in [0.25, 0.3) is 0 Å². The third-order valence-corrected chi connectivity index (χ3v) is 5.61. The van der Waals surface area contributed by atoms with Crippen LogP contribution in [0.2, 0.25) is 0 Å². The van der Waals surface area contributed by atoms with Gasteiger partial charge in [-0.1, -0.05) is 19.8 Å². The average molecular weight is 250 g/mol. The van der Waals surface area contributed by atoms with Crippen molar-refractivity contribution >= 4 is 0 Å². The van der Waals surface area contributed by atoms with Crippen molar-refractivity contribution in [1.82, 2.24) is 10.2 Å². The molecule has 0 bridgehead atoms. The van der Waals surface area contributed by atoms with E-state index < -0.39 is 0 Å². The van der Waals surface area contributed by atoms with Gasteiger partial charge >= 0.3 is 0 Å². The lowest BCUT2D eigenvalue weighted by Gasteiger charge is -2.35. The molecule has 2 unspecified atom stereocenters. The summed E-state index contributed by atoms with van der Waals surface area (Å²) in [5, 5.41) is 3.73. The van der Waals surface area contributed by atoms with Gasteiger partial charge in [0, 0.05) is 18.6 Å². The van der Waals surface area contributed by atoms with Crippen LogP contribution in [0.4, 0.5) is 0 Å². The highest BCUT2D eigenvalue weighted by Gasteiger charge is 2.34. The van der Waals surface area contributed by atoms with Crippen molar-refractivity contribution in [2.75, 3.05) is 19.6 Å². The van der Waals surface area contributed by atoms with E-state index in [1.54, 1.807) is 0 Å². The molecular weight excluding hydrogens is 220 g/mol. The first kappa shape index (κ1) is 12.9. The minimum absolute atomic E-state index is 0.815. The summed E-state index contributed by atoms with van der Waals surface area (Å²) in [6.45, 7) is 6.46. The molecule has 2 nitrogen and oxygen atoms in total. The van der Waals surface area contributed by atoms with E-state index in [1.807, 2.05) is 0 Å². The maximum absolute atomic E-state index is 3.73. The van der Waals surface area contributed by atoms with Crippen LogP contribution in [0, 0.1) is 11.8 Å². The molecule has 3 fully saturated rings. The number of rotatable bonds is 3. The van der Waals surface area contributed by atoms with Gasteiger partial charge in [-0.25, -0.2) is 0 Å². The first-order chi connectivity index (χ1) is 8.83. The Bertz CT molecular complexity index is 252. The van der Waals surface area contributed by atoms with Crippen molar-refractivity contribution in [3.63, 3.8) is 0 Å². The number of likely N-dealkylation sites (tertiary alicyclic amines) is 1. The van der Waals surface area contributed by atoms with Gasteiger partial charge in [0.1, 0.15) is 0 Å². The van der Waals surface area contributed by atoms with Gasteiger partial charge in [-0.3, -0.25) is 4.90 Å². The third-order valence-electron chi connectivity index (χ3n) is 5.61. The zero-order valence-corrected chi connectivity index (χ0v) is 12.0. The minimum atomic E-state index is 0.815. The summed E-state index contributed by atoms with van der Waals surface area (Å²) in [6.07, 6.45) is 11.6. The molecule has 0 aromatic heterocycles. The highest BCUT2D eigenvalue weighted by atomic mass is 15.2. The molecule has 3 aliphatic rings. The Balaban J connectivity index is 1.51. The largest absolute Gasteiger partial charge is 0.312 e. The summed E-state index contributed by atoms with van der Waals surface area (Å²) in [5.41, 5.74) is 0. The number of nitrogens with zero attached hydrogens (tertiary/aromatic N) is 1. The Kier molecular flexibility index (Phi) is 4.25. The zero-order valence-electron chi connectivity index (χ0n) is 12.0. The SMILES string of the molecule is CC1CCC(CN2CCCC2C2CCCN2)CC1. The van der Waals surface area contributed by atoms with Gasteiger partial charge in [-0.2, -0.15) is 0 Å². The van der Waals surface area contributed by atoms with E-state index >= 15 is 0 Å². The molecule has 1 N–H and O–H groups in total. The lowest BCUT2D eigenvalue weighted by molar-refractivity contribution is 0.154. The Hall–Kier alpha value is -0.0800. The van der Waals surface area contributed by atoms with Crippen LogP contribution < -0.4 is 5.32 Å². The second kappa shape index (κ2) is 5.92. The normalized spacial score (nSPS) is 42.5. The zero-order chi connectivity index (χ0) is 12.4. The van der Waals surface area contributed by atoms with Gasteiger partial charge in [0.2, 0.25) is 0 Å². The highest BCUT2D eigenvalue weighted by Crippen LogP contribution is 2.32. The lowest BCUT2D eigenvalue weighted by Crippen LogP contribution is -2.45. The molecular formula is C16H30N2. The molecule has 0 aromatic carbocycles. The van der Waals surface area contributed by atoms with Crippen molar-refractivity contribution in [2.24, 2.45) is 11.8 Å². The fourth-order valence-electron chi connectivity index (χ4n) is 4.42. The van der Waals surface area contributed by atoms with Crippen molar-refractivity contribution in [2.45, 2.75) is 70.4 Å². The van der Waals surface area contributed by atoms with E-state index in [0.29, 0.717) is 0 Å². The first-order valence-corrected chi connectivity index (χ1v) is 8.30. The third kappa shape index (κ3) is 2.91. The van der Waals surface area contributed by atoms with Crippen LogP contribution in [0.1, 0.15) is 58.3 Å². The van der Waals surface area contributed by atoms with E-state index in [2.05, 4.69) is 17.1 Å². The second-order valence-electron chi connectivity index (χ2n) is 7.03. The lowest BCUT2D eigenvalue weighted by atomic mass is 9.82. The van der Waals surface area contributed by atoms with Crippen LogP contribution in [0.3, 0.4) is 0 Å². The molecule has 0 radical (unpaired) electrons. The number of hydrogen-bond donors (Lipinski definition) is 1. The van der Waals surface area contributed by atoms with E-state index in [9.17, 15) is 0 Å². The summed E-state index contributed by atoms with van der Waals surface area (Å²) in [5.74, 6) is 2.00. The summed E-state index contributed by atoms with van der Waals surface area (Å²) in [7, 11) is 0. The molecule has 2 aliphatic heterocycles. The van der Waals surface area contributed by atoms with Crippen LogP contribution in [0.5, 0.6) is 0 Å². The molecule has 1 saturated carbocycles. The second-order valence-corrected chi connectivity index (χ2v) is 7.03. The van der Waals surface area contributed by atoms with Gasteiger partial charge in [-0.15, -0.1) is 0 Å². The minimum Gasteiger partial charge on any atom is -0.312 e. The predicted octanol–water partition coefficient (Wildman–Crippen LogP) is 3.03. The van der Waals surface area contributed by atoms with Gasteiger partial charge in [0.15, 0.2) is 0 Å².